The average Bonchev–Trinajstić information content (AvgIpc) is 3.22. The van der Waals surface area contributed by atoms with Gasteiger partial charge in [-0.3, -0.25) is 19.3 Å². The van der Waals surface area contributed by atoms with Crippen LogP contribution >= 0.6 is 46.0 Å². The second-order valence-electron chi connectivity index (χ2n) is 9.47. The minimum absolute atomic E-state index is 0.217. The number of carbonyl (C=O) groups excluding carboxylic acids is 3. The highest BCUT2D eigenvalue weighted by Crippen LogP contribution is 2.38. The molecule has 1 saturated heterocycles. The first kappa shape index (κ1) is 29.9. The second-order valence-corrected chi connectivity index (χ2v) is 12.1. The maximum absolute atomic E-state index is 13.1. The fourth-order valence-corrected chi connectivity index (χ4v) is 6.28. The number of halogens is 2. The summed E-state index contributed by atoms with van der Waals surface area (Å²) < 4.78 is 13.0. The number of amides is 3. The van der Waals surface area contributed by atoms with E-state index in [0.717, 1.165) is 42.1 Å². The molecule has 4 aromatic rings. The van der Waals surface area contributed by atoms with Crippen molar-refractivity contribution in [2.45, 2.75) is 20.5 Å². The van der Waals surface area contributed by atoms with Gasteiger partial charge in [0.15, 0.2) is 11.5 Å². The summed E-state index contributed by atoms with van der Waals surface area (Å²) in [4.78, 5) is 39.6. The SMILES string of the molecule is CCOc1cc(/C=C2/SC(=O)N(CC(=O)Nc3cc(Cl)ccc3C)C2=O)cc(I)c1OCc1cccc2ccccc12. The molecular weight excluding hydrogens is 687 g/mol. The van der Waals surface area contributed by atoms with Crippen molar-refractivity contribution in [1.29, 1.82) is 0 Å². The van der Waals surface area contributed by atoms with Gasteiger partial charge in [0.2, 0.25) is 5.91 Å². The van der Waals surface area contributed by atoms with Crippen molar-refractivity contribution in [1.82, 2.24) is 4.90 Å². The maximum atomic E-state index is 13.1. The molecule has 1 aliphatic rings. The zero-order valence-corrected chi connectivity index (χ0v) is 26.5. The Hall–Kier alpha value is -3.54. The fraction of sp³-hybridized carbons (Fsp3) is 0.156. The molecule has 0 bridgehead atoms. The van der Waals surface area contributed by atoms with Crippen LogP contribution < -0.4 is 14.8 Å². The lowest BCUT2D eigenvalue weighted by atomic mass is 10.1. The Bertz CT molecular complexity index is 1740. The normalized spacial score (nSPS) is 14.1. The fourth-order valence-electron chi connectivity index (χ4n) is 4.49. The molecular formula is C32H26ClIN2O5S. The molecule has 0 aliphatic carbocycles. The average molecular weight is 713 g/mol. The molecule has 1 heterocycles. The Morgan fingerprint density at radius 3 is 2.64 bits per heavy atom. The summed E-state index contributed by atoms with van der Waals surface area (Å²) >= 11 is 9.00. The van der Waals surface area contributed by atoms with E-state index < -0.39 is 23.6 Å². The molecule has 1 N–H and O–H groups in total. The molecule has 4 aromatic carbocycles. The molecule has 0 atom stereocenters. The van der Waals surface area contributed by atoms with E-state index in [4.69, 9.17) is 21.1 Å². The van der Waals surface area contributed by atoms with Crippen molar-refractivity contribution in [2.75, 3.05) is 18.5 Å². The zero-order valence-electron chi connectivity index (χ0n) is 22.8. The molecule has 0 unspecified atom stereocenters. The van der Waals surface area contributed by atoms with Gasteiger partial charge in [-0.25, -0.2) is 0 Å². The predicted octanol–water partition coefficient (Wildman–Crippen LogP) is 8.06. The third kappa shape index (κ3) is 6.74. The van der Waals surface area contributed by atoms with Gasteiger partial charge in [0.05, 0.1) is 15.1 Å². The molecule has 0 aromatic heterocycles. The van der Waals surface area contributed by atoms with Gasteiger partial charge < -0.3 is 14.8 Å². The number of fused-ring (bicyclic) bond motifs is 1. The number of anilines is 1. The lowest BCUT2D eigenvalue weighted by Gasteiger charge is -2.16. The number of hydrogen-bond acceptors (Lipinski definition) is 6. The quantitative estimate of drug-likeness (QED) is 0.140. The Kier molecular flexibility index (Phi) is 9.40. The number of thioether (sulfide) groups is 1. The molecule has 214 valence electrons. The molecule has 5 rings (SSSR count). The van der Waals surface area contributed by atoms with Crippen molar-refractivity contribution in [3.05, 3.63) is 103 Å². The summed E-state index contributed by atoms with van der Waals surface area (Å²) in [6, 6.07) is 23.0. The van der Waals surface area contributed by atoms with E-state index in [1.54, 1.807) is 30.3 Å². The van der Waals surface area contributed by atoms with Crippen LogP contribution in [0.3, 0.4) is 0 Å². The van der Waals surface area contributed by atoms with Gasteiger partial charge in [0.25, 0.3) is 11.1 Å². The molecule has 1 fully saturated rings. The number of ether oxygens (including phenoxy) is 2. The van der Waals surface area contributed by atoms with E-state index in [9.17, 15) is 14.4 Å². The predicted molar refractivity (Wildman–Crippen MR) is 176 cm³/mol. The number of aryl methyl sites for hydroxylation is 1. The lowest BCUT2D eigenvalue weighted by Crippen LogP contribution is -2.36. The van der Waals surface area contributed by atoms with Gasteiger partial charge in [0.1, 0.15) is 13.2 Å². The van der Waals surface area contributed by atoms with Crippen molar-refractivity contribution in [2.24, 2.45) is 0 Å². The van der Waals surface area contributed by atoms with Gasteiger partial charge in [0, 0.05) is 10.7 Å². The van der Waals surface area contributed by atoms with Crippen LogP contribution in [-0.2, 0) is 16.2 Å². The number of carbonyl (C=O) groups is 3. The molecule has 10 heteroatoms. The van der Waals surface area contributed by atoms with Crippen LogP contribution in [0.2, 0.25) is 5.02 Å². The maximum Gasteiger partial charge on any atom is 0.294 e. The van der Waals surface area contributed by atoms with Gasteiger partial charge in [-0.1, -0.05) is 60.1 Å². The van der Waals surface area contributed by atoms with E-state index >= 15 is 0 Å². The highest BCUT2D eigenvalue weighted by Gasteiger charge is 2.36. The zero-order chi connectivity index (χ0) is 29.8. The first-order valence-corrected chi connectivity index (χ1v) is 15.4. The number of nitrogens with one attached hydrogen (secondary N) is 1. The summed E-state index contributed by atoms with van der Waals surface area (Å²) in [7, 11) is 0. The molecule has 7 nitrogen and oxygen atoms in total. The van der Waals surface area contributed by atoms with E-state index in [1.165, 1.54) is 0 Å². The van der Waals surface area contributed by atoms with Crippen LogP contribution in [0.25, 0.3) is 16.8 Å². The monoisotopic (exact) mass is 712 g/mol. The molecule has 1 aliphatic heterocycles. The highest BCUT2D eigenvalue weighted by molar-refractivity contribution is 14.1. The number of nitrogens with zero attached hydrogens (tertiary/aromatic N) is 1. The minimum Gasteiger partial charge on any atom is -0.490 e. The minimum atomic E-state index is -0.535. The largest absolute Gasteiger partial charge is 0.490 e. The van der Waals surface area contributed by atoms with E-state index in [-0.39, 0.29) is 4.91 Å². The van der Waals surface area contributed by atoms with Crippen molar-refractivity contribution in [3.63, 3.8) is 0 Å². The molecule has 0 saturated carbocycles. The van der Waals surface area contributed by atoms with Crippen molar-refractivity contribution in [3.8, 4) is 11.5 Å². The van der Waals surface area contributed by atoms with Gasteiger partial charge in [-0.15, -0.1) is 0 Å². The Labute approximate surface area is 266 Å². The number of hydrogen-bond donors (Lipinski definition) is 1. The van der Waals surface area contributed by atoms with Gasteiger partial charge >= 0.3 is 0 Å². The Balaban J connectivity index is 1.33. The summed E-state index contributed by atoms with van der Waals surface area (Å²) in [5.74, 6) is 0.104. The number of imide groups is 1. The van der Waals surface area contributed by atoms with Crippen LogP contribution in [0.15, 0.2) is 77.7 Å². The van der Waals surface area contributed by atoms with E-state index in [1.807, 2.05) is 44.2 Å². The summed E-state index contributed by atoms with van der Waals surface area (Å²) in [6.45, 7) is 4.08. The first-order valence-electron chi connectivity index (χ1n) is 13.1. The molecule has 0 spiro atoms. The number of benzene rings is 4. The van der Waals surface area contributed by atoms with Crippen LogP contribution in [0.4, 0.5) is 10.5 Å². The van der Waals surface area contributed by atoms with Crippen LogP contribution in [0.1, 0.15) is 23.6 Å². The molecule has 0 radical (unpaired) electrons. The lowest BCUT2D eigenvalue weighted by molar-refractivity contribution is -0.127. The van der Waals surface area contributed by atoms with Crippen LogP contribution in [0.5, 0.6) is 11.5 Å². The Morgan fingerprint density at radius 2 is 1.83 bits per heavy atom. The molecule has 3 amide bonds. The van der Waals surface area contributed by atoms with E-state index in [2.05, 4.69) is 46.1 Å². The van der Waals surface area contributed by atoms with Gasteiger partial charge in [-0.05, 0) is 106 Å². The standard InChI is InChI=1S/C32H26ClIN2O5S/c1-3-40-27-14-20(13-25(34)30(27)41-18-22-9-6-8-21-7-4-5-10-24(21)22)15-28-31(38)36(32(39)42-28)17-29(37)35-26-16-23(33)12-11-19(26)2/h4-16H,3,17-18H2,1-2H3,(H,35,37)/b28-15+. The topological polar surface area (TPSA) is 84.9 Å². The second kappa shape index (κ2) is 13.2. The molecule has 42 heavy (non-hydrogen) atoms. The highest BCUT2D eigenvalue weighted by atomic mass is 127. The first-order chi connectivity index (χ1) is 20.2. The van der Waals surface area contributed by atoms with Crippen LogP contribution in [0, 0.1) is 10.5 Å². The van der Waals surface area contributed by atoms with Crippen molar-refractivity contribution >= 4 is 85.5 Å². The summed E-state index contributed by atoms with van der Waals surface area (Å²) in [5.41, 5.74) is 3.06. The van der Waals surface area contributed by atoms with Crippen LogP contribution in [-0.4, -0.2) is 35.1 Å². The Morgan fingerprint density at radius 1 is 1.05 bits per heavy atom. The van der Waals surface area contributed by atoms with Gasteiger partial charge in [-0.2, -0.15) is 0 Å². The summed E-state index contributed by atoms with van der Waals surface area (Å²) in [6.07, 6.45) is 1.63. The van der Waals surface area contributed by atoms with Crippen molar-refractivity contribution < 1.29 is 23.9 Å². The van der Waals surface area contributed by atoms with E-state index in [0.29, 0.717) is 41.0 Å². The third-order valence-corrected chi connectivity index (χ3v) is 8.47. The number of rotatable bonds is 9. The smallest absolute Gasteiger partial charge is 0.294 e. The summed E-state index contributed by atoms with van der Waals surface area (Å²) in [5, 5.41) is 4.94. The third-order valence-electron chi connectivity index (χ3n) is 6.53.